The molecule has 2 rings (SSSR count). The second-order valence-corrected chi connectivity index (χ2v) is 7.83. The van der Waals surface area contributed by atoms with E-state index in [4.69, 9.17) is 4.74 Å². The van der Waals surface area contributed by atoms with Crippen molar-refractivity contribution >= 4 is 39.4 Å². The van der Waals surface area contributed by atoms with Gasteiger partial charge in [-0.25, -0.2) is 4.98 Å². The van der Waals surface area contributed by atoms with Crippen molar-refractivity contribution < 1.29 is 19.1 Å². The maximum absolute atomic E-state index is 12.8. The van der Waals surface area contributed by atoms with Crippen LogP contribution in [0.2, 0.25) is 0 Å². The van der Waals surface area contributed by atoms with Gasteiger partial charge in [0.25, 0.3) is 11.8 Å². The van der Waals surface area contributed by atoms with E-state index < -0.39 is 22.6 Å². The van der Waals surface area contributed by atoms with Crippen molar-refractivity contribution in [3.05, 3.63) is 58.9 Å². The number of aryl methyl sites for hydroxylation is 1. The summed E-state index contributed by atoms with van der Waals surface area (Å²) in [6, 6.07) is 10.1. The molecule has 0 fully saturated rings. The van der Waals surface area contributed by atoms with Crippen LogP contribution in [0.1, 0.15) is 50.8 Å². The minimum absolute atomic E-state index is 0.0761. The van der Waals surface area contributed by atoms with E-state index in [0.29, 0.717) is 23.5 Å². The molecule has 0 aliphatic heterocycles. The molecule has 0 bridgehead atoms. The number of amides is 2. The topological polar surface area (TPSA) is 97.4 Å². The Hall–Kier alpha value is -2.74. The molecule has 29 heavy (non-hydrogen) atoms. The number of hydrogen-bond acceptors (Lipinski definition) is 5. The highest BCUT2D eigenvalue weighted by Crippen LogP contribution is 2.26. The lowest BCUT2D eigenvalue weighted by Crippen LogP contribution is -2.30. The Labute approximate surface area is 178 Å². The van der Waals surface area contributed by atoms with Gasteiger partial charge in [0, 0.05) is 17.9 Å². The maximum atomic E-state index is 12.8. The van der Waals surface area contributed by atoms with Crippen molar-refractivity contribution in [2.75, 3.05) is 19.0 Å². The standard InChI is InChI=1S/C21H24BrN3O4/c1-12(2)11-23-20(27)18-16(9-8-13(3)24-18)19(26)25-15-7-5-6-14(10-15)17(22)21(28)29-4/h5-10,12,17H,11H2,1-4H3,(H,23,27)(H,25,26). The number of alkyl halides is 1. The largest absolute Gasteiger partial charge is 0.468 e. The van der Waals surface area contributed by atoms with Gasteiger partial charge in [-0.15, -0.1) is 0 Å². The number of methoxy groups -OCH3 is 1. The fourth-order valence-electron chi connectivity index (χ4n) is 2.51. The Morgan fingerprint density at radius 3 is 2.52 bits per heavy atom. The lowest BCUT2D eigenvalue weighted by Gasteiger charge is -2.13. The second-order valence-electron chi connectivity index (χ2n) is 6.92. The number of carbonyl (C=O) groups is 3. The Morgan fingerprint density at radius 2 is 1.86 bits per heavy atom. The highest BCUT2D eigenvalue weighted by Gasteiger charge is 2.21. The van der Waals surface area contributed by atoms with Crippen LogP contribution in [0.4, 0.5) is 5.69 Å². The highest BCUT2D eigenvalue weighted by molar-refractivity contribution is 9.09. The predicted molar refractivity (Wildman–Crippen MR) is 114 cm³/mol. The lowest BCUT2D eigenvalue weighted by molar-refractivity contribution is -0.139. The van der Waals surface area contributed by atoms with Crippen molar-refractivity contribution in [3.63, 3.8) is 0 Å². The molecule has 0 saturated heterocycles. The number of ether oxygens (including phenoxy) is 1. The van der Waals surface area contributed by atoms with Crippen LogP contribution in [0.3, 0.4) is 0 Å². The maximum Gasteiger partial charge on any atom is 0.323 e. The van der Waals surface area contributed by atoms with Crippen molar-refractivity contribution in [1.82, 2.24) is 10.3 Å². The molecule has 1 unspecified atom stereocenters. The number of benzene rings is 1. The summed E-state index contributed by atoms with van der Waals surface area (Å²) < 4.78 is 4.72. The first kappa shape index (κ1) is 22.5. The number of nitrogens with zero attached hydrogens (tertiary/aromatic N) is 1. The average molecular weight is 462 g/mol. The molecule has 154 valence electrons. The van der Waals surface area contributed by atoms with E-state index in [1.165, 1.54) is 7.11 Å². The molecule has 0 spiro atoms. The molecule has 1 aromatic carbocycles. The van der Waals surface area contributed by atoms with Crippen molar-refractivity contribution in [2.24, 2.45) is 5.92 Å². The number of anilines is 1. The summed E-state index contributed by atoms with van der Waals surface area (Å²) in [7, 11) is 1.30. The zero-order chi connectivity index (χ0) is 21.6. The molecule has 0 aliphatic rings. The second kappa shape index (κ2) is 10.2. The quantitative estimate of drug-likeness (QED) is 0.484. The van der Waals surface area contributed by atoms with Crippen molar-refractivity contribution in [1.29, 1.82) is 0 Å². The van der Waals surface area contributed by atoms with Gasteiger partial charge in [0.1, 0.15) is 10.5 Å². The first-order valence-electron chi connectivity index (χ1n) is 9.12. The summed E-state index contributed by atoms with van der Waals surface area (Å²) in [6.07, 6.45) is 0. The number of aromatic nitrogens is 1. The fraction of sp³-hybridized carbons (Fsp3) is 0.333. The van der Waals surface area contributed by atoms with Gasteiger partial charge in [0.15, 0.2) is 0 Å². The smallest absolute Gasteiger partial charge is 0.323 e. The molecular weight excluding hydrogens is 438 g/mol. The molecule has 0 aliphatic carbocycles. The predicted octanol–water partition coefficient (Wildman–Crippen LogP) is 3.64. The Morgan fingerprint density at radius 1 is 1.14 bits per heavy atom. The third-order valence-corrected chi connectivity index (χ3v) is 4.91. The van der Waals surface area contributed by atoms with Crippen LogP contribution in [0.15, 0.2) is 36.4 Å². The van der Waals surface area contributed by atoms with Gasteiger partial charge in [-0.2, -0.15) is 0 Å². The van der Waals surface area contributed by atoms with Gasteiger partial charge in [-0.1, -0.05) is 41.9 Å². The van der Waals surface area contributed by atoms with Gasteiger partial charge < -0.3 is 15.4 Å². The third-order valence-electron chi connectivity index (χ3n) is 4.01. The number of halogens is 1. The molecule has 8 heteroatoms. The lowest BCUT2D eigenvalue weighted by atomic mass is 10.1. The summed E-state index contributed by atoms with van der Waals surface area (Å²) in [5, 5.41) is 5.55. The Bertz CT molecular complexity index is 915. The van der Waals surface area contributed by atoms with Gasteiger partial charge in [0.05, 0.1) is 12.7 Å². The van der Waals surface area contributed by atoms with Crippen molar-refractivity contribution in [2.45, 2.75) is 25.6 Å². The van der Waals surface area contributed by atoms with Gasteiger partial charge in [0.2, 0.25) is 0 Å². The van der Waals surface area contributed by atoms with Gasteiger partial charge in [-0.05, 0) is 42.7 Å². The molecule has 7 nitrogen and oxygen atoms in total. The van der Waals surface area contributed by atoms with E-state index in [0.717, 1.165) is 0 Å². The van der Waals surface area contributed by atoms with Gasteiger partial charge in [-0.3, -0.25) is 14.4 Å². The fourth-order valence-corrected chi connectivity index (χ4v) is 2.98. The molecular formula is C21H24BrN3O4. The van der Waals surface area contributed by atoms with E-state index >= 15 is 0 Å². The molecule has 2 N–H and O–H groups in total. The minimum Gasteiger partial charge on any atom is -0.468 e. The summed E-state index contributed by atoms with van der Waals surface area (Å²) in [6.45, 7) is 6.21. The molecule has 0 saturated carbocycles. The molecule has 1 atom stereocenters. The monoisotopic (exact) mass is 461 g/mol. The third kappa shape index (κ3) is 6.12. The van der Waals surface area contributed by atoms with Crippen LogP contribution in [0.25, 0.3) is 0 Å². The van der Waals surface area contributed by atoms with Crippen LogP contribution < -0.4 is 10.6 Å². The zero-order valence-corrected chi connectivity index (χ0v) is 18.4. The SMILES string of the molecule is COC(=O)C(Br)c1cccc(NC(=O)c2ccc(C)nc2C(=O)NCC(C)C)c1. The van der Waals surface area contributed by atoms with E-state index in [-0.39, 0.29) is 17.2 Å². The number of pyridine rings is 1. The average Bonchev–Trinajstić information content (AvgIpc) is 2.70. The molecule has 2 aromatic rings. The van der Waals surface area contributed by atoms with Crippen LogP contribution >= 0.6 is 15.9 Å². The van der Waals surface area contributed by atoms with E-state index in [1.54, 1.807) is 43.3 Å². The van der Waals surface area contributed by atoms with E-state index in [2.05, 4.69) is 31.5 Å². The van der Waals surface area contributed by atoms with E-state index in [1.807, 2.05) is 13.8 Å². The number of carbonyl (C=O) groups excluding carboxylic acids is 3. The molecule has 0 radical (unpaired) electrons. The number of hydrogen-bond donors (Lipinski definition) is 2. The summed E-state index contributed by atoms with van der Waals surface area (Å²) in [5.41, 5.74) is 2.00. The van der Waals surface area contributed by atoms with E-state index in [9.17, 15) is 14.4 Å². The zero-order valence-electron chi connectivity index (χ0n) is 16.8. The Balaban J connectivity index is 2.25. The summed E-state index contributed by atoms with van der Waals surface area (Å²) in [4.78, 5) is 40.7. The van der Waals surface area contributed by atoms with Crippen LogP contribution in [-0.4, -0.2) is 36.4 Å². The van der Waals surface area contributed by atoms with Crippen LogP contribution in [0, 0.1) is 12.8 Å². The first-order chi connectivity index (χ1) is 13.7. The van der Waals surface area contributed by atoms with Crippen LogP contribution in [0.5, 0.6) is 0 Å². The number of nitrogens with one attached hydrogen (secondary N) is 2. The van der Waals surface area contributed by atoms with Crippen molar-refractivity contribution in [3.8, 4) is 0 Å². The van der Waals surface area contributed by atoms with Crippen LogP contribution in [-0.2, 0) is 9.53 Å². The molecule has 2 amide bonds. The summed E-state index contributed by atoms with van der Waals surface area (Å²) in [5.74, 6) is -1.03. The minimum atomic E-state index is -0.650. The molecule has 1 heterocycles. The highest BCUT2D eigenvalue weighted by atomic mass is 79.9. The Kier molecular flexibility index (Phi) is 7.90. The van der Waals surface area contributed by atoms with Gasteiger partial charge >= 0.3 is 5.97 Å². The normalized spacial score (nSPS) is 11.7. The number of rotatable bonds is 7. The number of esters is 1. The molecule has 1 aromatic heterocycles. The first-order valence-corrected chi connectivity index (χ1v) is 10.0. The summed E-state index contributed by atoms with van der Waals surface area (Å²) >= 11 is 3.27.